The molecule has 2 rings (SSSR count). The van der Waals surface area contributed by atoms with Crippen molar-refractivity contribution in [2.75, 3.05) is 0 Å². The highest BCUT2D eigenvalue weighted by molar-refractivity contribution is 6.31. The summed E-state index contributed by atoms with van der Waals surface area (Å²) in [6, 6.07) is 3.66. The molecular weight excluding hydrogens is 214 g/mol. The van der Waals surface area contributed by atoms with Crippen molar-refractivity contribution >= 4 is 11.6 Å². The van der Waals surface area contributed by atoms with E-state index in [0.29, 0.717) is 17.1 Å². The van der Waals surface area contributed by atoms with Crippen LogP contribution in [0, 0.1) is 18.3 Å². The van der Waals surface area contributed by atoms with E-state index in [1.807, 2.05) is 6.07 Å². The van der Waals surface area contributed by atoms with Gasteiger partial charge in [0.15, 0.2) is 11.0 Å². The van der Waals surface area contributed by atoms with E-state index >= 15 is 0 Å². The molecule has 0 atom stereocenters. The Hall–Kier alpha value is -1.93. The van der Waals surface area contributed by atoms with Gasteiger partial charge < -0.3 is 0 Å². The first kappa shape index (κ1) is 9.62. The van der Waals surface area contributed by atoms with Gasteiger partial charge in [0.1, 0.15) is 18.0 Å². The van der Waals surface area contributed by atoms with Gasteiger partial charge in [-0.15, -0.1) is 0 Å². The average molecular weight is 220 g/mol. The molecule has 0 amide bonds. The smallest absolute Gasteiger partial charge is 0.158 e. The molecule has 0 saturated carbocycles. The second-order valence-corrected chi connectivity index (χ2v) is 3.20. The lowest BCUT2D eigenvalue weighted by Crippen LogP contribution is -1.99. The first-order chi connectivity index (χ1) is 7.24. The van der Waals surface area contributed by atoms with E-state index in [1.54, 1.807) is 19.2 Å². The van der Waals surface area contributed by atoms with Gasteiger partial charge in [-0.05, 0) is 6.92 Å². The van der Waals surface area contributed by atoms with Crippen molar-refractivity contribution in [2.45, 2.75) is 6.92 Å². The summed E-state index contributed by atoms with van der Waals surface area (Å²) in [6.45, 7) is 1.72. The molecule has 74 valence electrons. The van der Waals surface area contributed by atoms with Crippen LogP contribution < -0.4 is 0 Å². The van der Waals surface area contributed by atoms with Crippen LogP contribution in [-0.4, -0.2) is 19.7 Å². The summed E-state index contributed by atoms with van der Waals surface area (Å²) in [4.78, 5) is 7.78. The van der Waals surface area contributed by atoms with E-state index in [1.165, 1.54) is 11.0 Å². The predicted molar refractivity (Wildman–Crippen MR) is 53.6 cm³/mol. The molecule has 0 N–H and O–H groups in total. The summed E-state index contributed by atoms with van der Waals surface area (Å²) < 4.78 is 1.41. The summed E-state index contributed by atoms with van der Waals surface area (Å²) >= 11 is 5.98. The molecule has 0 aliphatic rings. The second-order valence-electron chi connectivity index (χ2n) is 2.84. The zero-order chi connectivity index (χ0) is 10.8. The maximum Gasteiger partial charge on any atom is 0.158 e. The van der Waals surface area contributed by atoms with Crippen LogP contribution in [0.25, 0.3) is 5.82 Å². The summed E-state index contributed by atoms with van der Waals surface area (Å²) in [6.07, 6.45) is 2.98. The number of hydrogen-bond acceptors (Lipinski definition) is 4. The maximum atomic E-state index is 8.84. The molecule has 0 unspecified atom stereocenters. The molecule has 15 heavy (non-hydrogen) atoms. The van der Waals surface area contributed by atoms with Crippen molar-refractivity contribution in [1.29, 1.82) is 5.26 Å². The minimum absolute atomic E-state index is 0.272. The Bertz CT molecular complexity index is 525. The molecule has 2 aromatic rings. The molecule has 0 fully saturated rings. The Kier molecular flexibility index (Phi) is 2.35. The molecule has 0 aromatic carbocycles. The van der Waals surface area contributed by atoms with Gasteiger partial charge in [-0.25, -0.2) is 14.6 Å². The number of nitrogens with zero attached hydrogens (tertiary/aromatic N) is 5. The highest BCUT2D eigenvalue weighted by Gasteiger charge is 2.14. The Morgan fingerprint density at radius 3 is 2.87 bits per heavy atom. The van der Waals surface area contributed by atoms with Crippen molar-refractivity contribution in [3.8, 4) is 11.9 Å². The van der Waals surface area contributed by atoms with Crippen LogP contribution in [0.15, 0.2) is 18.6 Å². The first-order valence-electron chi connectivity index (χ1n) is 4.15. The van der Waals surface area contributed by atoms with Crippen molar-refractivity contribution in [3.63, 3.8) is 0 Å². The minimum atomic E-state index is 0.272. The van der Waals surface area contributed by atoms with Gasteiger partial charge in [-0.3, -0.25) is 0 Å². The number of aromatic nitrogens is 4. The molecule has 0 saturated heterocycles. The van der Waals surface area contributed by atoms with Gasteiger partial charge in [-0.2, -0.15) is 10.4 Å². The molecule has 0 spiro atoms. The maximum absolute atomic E-state index is 8.84. The molecule has 0 aliphatic heterocycles. The summed E-state index contributed by atoms with van der Waals surface area (Å²) in [5.74, 6) is 0.541. The van der Waals surface area contributed by atoms with E-state index in [9.17, 15) is 0 Å². The quantitative estimate of drug-likeness (QED) is 0.729. The first-order valence-corrected chi connectivity index (χ1v) is 4.53. The van der Waals surface area contributed by atoms with Gasteiger partial charge in [0.2, 0.25) is 0 Å². The highest BCUT2D eigenvalue weighted by atomic mass is 35.5. The van der Waals surface area contributed by atoms with E-state index in [4.69, 9.17) is 16.9 Å². The minimum Gasteiger partial charge on any atom is -0.245 e. The fraction of sp³-hybridized carbons (Fsp3) is 0.111. The molecule has 0 bridgehead atoms. The summed E-state index contributed by atoms with van der Waals surface area (Å²) in [7, 11) is 0. The van der Waals surface area contributed by atoms with Crippen LogP contribution in [0.5, 0.6) is 0 Å². The topological polar surface area (TPSA) is 67.4 Å². The van der Waals surface area contributed by atoms with Gasteiger partial charge >= 0.3 is 0 Å². The van der Waals surface area contributed by atoms with Crippen LogP contribution in [0.4, 0.5) is 0 Å². The summed E-state index contributed by atoms with van der Waals surface area (Å²) in [5.41, 5.74) is 0.955. The molecule has 6 heteroatoms. The SMILES string of the molecule is Cc1nn(-c2ccncn2)c(Cl)c1C#N. The van der Waals surface area contributed by atoms with Gasteiger partial charge in [0.25, 0.3) is 0 Å². The van der Waals surface area contributed by atoms with Crippen LogP contribution in [0.3, 0.4) is 0 Å². The molecule has 0 radical (unpaired) electrons. The zero-order valence-electron chi connectivity index (χ0n) is 7.85. The monoisotopic (exact) mass is 219 g/mol. The third-order valence-corrected chi connectivity index (χ3v) is 2.25. The average Bonchev–Trinajstić information content (AvgIpc) is 2.55. The predicted octanol–water partition coefficient (Wildman–Crippen LogP) is 1.50. The lowest BCUT2D eigenvalue weighted by molar-refractivity contribution is 0.826. The van der Waals surface area contributed by atoms with Gasteiger partial charge in [0.05, 0.1) is 5.69 Å². The molecular formula is C9H6ClN5. The standard InChI is InChI=1S/C9H6ClN5/c1-6-7(4-11)9(10)15(14-6)8-2-3-12-5-13-8/h2-3,5H,1H3. The lowest BCUT2D eigenvalue weighted by atomic mass is 10.3. The fourth-order valence-electron chi connectivity index (χ4n) is 1.19. The van der Waals surface area contributed by atoms with Crippen molar-refractivity contribution in [2.24, 2.45) is 0 Å². The highest BCUT2D eigenvalue weighted by Crippen LogP contribution is 2.20. The van der Waals surface area contributed by atoms with Crippen LogP contribution in [0.1, 0.15) is 11.3 Å². The number of halogens is 1. The number of rotatable bonds is 1. The third-order valence-electron chi connectivity index (χ3n) is 1.90. The second kappa shape index (κ2) is 3.67. The molecule has 2 heterocycles. The van der Waals surface area contributed by atoms with Gasteiger partial charge in [0, 0.05) is 12.3 Å². The Morgan fingerprint density at radius 2 is 2.33 bits per heavy atom. The Labute approximate surface area is 91.0 Å². The number of aryl methyl sites for hydroxylation is 1. The van der Waals surface area contributed by atoms with Gasteiger partial charge in [-0.1, -0.05) is 11.6 Å². The van der Waals surface area contributed by atoms with E-state index in [0.717, 1.165) is 0 Å². The Morgan fingerprint density at radius 1 is 1.53 bits per heavy atom. The van der Waals surface area contributed by atoms with Crippen LogP contribution in [0.2, 0.25) is 5.15 Å². The van der Waals surface area contributed by atoms with E-state index < -0.39 is 0 Å². The van der Waals surface area contributed by atoms with Crippen LogP contribution >= 0.6 is 11.6 Å². The molecule has 5 nitrogen and oxygen atoms in total. The van der Waals surface area contributed by atoms with E-state index in [2.05, 4.69) is 15.1 Å². The summed E-state index contributed by atoms with van der Waals surface area (Å²) in [5, 5.41) is 13.2. The van der Waals surface area contributed by atoms with Crippen molar-refractivity contribution in [3.05, 3.63) is 35.0 Å². The Balaban J connectivity index is 2.62. The fourth-order valence-corrected chi connectivity index (χ4v) is 1.49. The largest absolute Gasteiger partial charge is 0.245 e. The van der Waals surface area contributed by atoms with Crippen LogP contribution in [-0.2, 0) is 0 Å². The normalized spacial score (nSPS) is 9.93. The van der Waals surface area contributed by atoms with E-state index in [-0.39, 0.29) is 5.15 Å². The van der Waals surface area contributed by atoms with Crippen molar-refractivity contribution in [1.82, 2.24) is 19.7 Å². The zero-order valence-corrected chi connectivity index (χ0v) is 8.60. The molecule has 0 aliphatic carbocycles. The number of hydrogen-bond donors (Lipinski definition) is 0. The van der Waals surface area contributed by atoms with Crippen molar-refractivity contribution < 1.29 is 0 Å². The molecule has 2 aromatic heterocycles. The number of nitriles is 1. The third kappa shape index (κ3) is 1.55. The lowest BCUT2D eigenvalue weighted by Gasteiger charge is -1.99.